The zero-order valence-corrected chi connectivity index (χ0v) is 88.3. The summed E-state index contributed by atoms with van der Waals surface area (Å²) in [5, 5.41) is 35.3. The van der Waals surface area contributed by atoms with Crippen molar-refractivity contribution in [2.24, 2.45) is 73.1 Å². The highest BCUT2D eigenvalue weighted by atomic mass is 35.5. The zero-order valence-electron chi connectivity index (χ0n) is 97.1. The van der Waals surface area contributed by atoms with E-state index in [1.54, 1.807) is 35.2 Å². The van der Waals surface area contributed by atoms with Crippen molar-refractivity contribution < 1.29 is 94.5 Å². The average Bonchev–Trinajstić information content (AvgIpc) is 1.43. The number of hydrogen-bond acceptors (Lipinski definition) is 29. The van der Waals surface area contributed by atoms with Crippen LogP contribution in [0.25, 0.3) is 17.5 Å². The van der Waals surface area contributed by atoms with Gasteiger partial charge in [-0.05, 0) is 378 Å². The number of likely N-dealkylation sites (tertiary alicyclic amines) is 2. The number of amides is 4. The molecule has 4 aliphatic heterocycles. The lowest BCUT2D eigenvalue weighted by Crippen LogP contribution is -2.45. The van der Waals surface area contributed by atoms with Crippen LogP contribution >= 0.6 is 11.6 Å². The van der Waals surface area contributed by atoms with E-state index in [-0.39, 0.29) is 140 Å². The van der Waals surface area contributed by atoms with Crippen molar-refractivity contribution in [3.05, 3.63) is 156 Å². The summed E-state index contributed by atoms with van der Waals surface area (Å²) in [7, 11) is -12.5. The van der Waals surface area contributed by atoms with Gasteiger partial charge in [0, 0.05) is 107 Å². The van der Waals surface area contributed by atoms with E-state index in [9.17, 15) is 49.2 Å². The first-order valence-electron chi connectivity index (χ1n) is 56.7. The number of nitrogens with one attached hydrogen (secondary N) is 5. The maximum Gasteiger partial charge on any atom is 0.410 e. The van der Waals surface area contributed by atoms with Crippen molar-refractivity contribution in [2.45, 2.75) is 280 Å². The number of hydrogen-bond donors (Lipinski definition) is 7. The average molecular weight is 2120 g/mol. The molecule has 22 rings (SSSR count). The summed E-state index contributed by atoms with van der Waals surface area (Å²) in [4.78, 5) is 94.0. The van der Waals surface area contributed by atoms with E-state index in [0.717, 1.165) is 135 Å². The Labute approximate surface area is 886 Å². The number of halogens is 1. The number of primary sulfonamides is 1. The number of sulfonamides is 3. The van der Waals surface area contributed by atoms with Crippen LogP contribution in [0.2, 0.25) is 5.15 Å². The second-order valence-electron chi connectivity index (χ2n) is 45.5. The van der Waals surface area contributed by atoms with Gasteiger partial charge in [-0.25, -0.2) is 81.3 Å². The molecule has 9 aromatic heterocycles. The first-order valence-corrected chi connectivity index (χ1v) is 55.6. The number of carbonyl (C=O) groups is 5. The predicted octanol–water partition coefficient (Wildman–Crippen LogP) is 17.1. The number of carboxylic acids is 1. The van der Waals surface area contributed by atoms with Gasteiger partial charge >= 0.3 is 18.2 Å². The third kappa shape index (κ3) is 22.4. The first-order chi connectivity index (χ1) is 74.5. The number of aromatic carboxylic acids is 1. The molecule has 6 spiro atoms. The van der Waals surface area contributed by atoms with Crippen LogP contribution in [0.15, 0.2) is 149 Å². The highest BCUT2D eigenvalue weighted by molar-refractivity contribution is 7.90. The molecule has 12 fully saturated rings. The monoisotopic (exact) mass is 2120 g/mol. The number of nitrogens with zero attached hydrogens (tertiary/aromatic N) is 15. The van der Waals surface area contributed by atoms with E-state index in [1.165, 1.54) is 118 Å². The van der Waals surface area contributed by atoms with Crippen molar-refractivity contribution in [3.8, 4) is 35.1 Å². The Morgan fingerprint density at radius 1 is 0.554 bits per heavy atom. The molecule has 0 radical (unpaired) electrons. The molecule has 794 valence electrons. The van der Waals surface area contributed by atoms with Crippen LogP contribution in [0.4, 0.5) is 32.9 Å². The van der Waals surface area contributed by atoms with Gasteiger partial charge in [0.05, 0.1) is 44.6 Å². The second-order valence-corrected chi connectivity index (χ2v) is 50.6. The third-order valence-corrected chi connectivity index (χ3v) is 35.1. The van der Waals surface area contributed by atoms with Crippen LogP contribution < -0.4 is 49.6 Å². The second kappa shape index (κ2) is 39.5. The first kappa shape index (κ1) is 90.1. The minimum atomic E-state index is -4.34. The highest BCUT2D eigenvalue weighted by Crippen LogP contribution is 2.95. The number of carbonyl (C=O) groups excluding carboxylic acids is 4. The lowest BCUT2D eigenvalue weighted by molar-refractivity contribution is 0.0118. The van der Waals surface area contributed by atoms with Crippen molar-refractivity contribution in [2.75, 3.05) is 79.8 Å². The van der Waals surface area contributed by atoms with E-state index in [2.05, 4.69) is 88.6 Å². The number of pyridine rings is 6. The maximum absolute atomic E-state index is 13.7. The molecule has 148 heavy (non-hydrogen) atoms. The molecule has 0 unspecified atom stereocenters. The molecule has 13 heterocycles. The number of fused-ring (bicyclic) bond motifs is 9. The fraction of sp³-hybridized carbons (Fsp3) is 0.585. The lowest BCUT2D eigenvalue weighted by Gasteiger charge is -2.34. The Morgan fingerprint density at radius 2 is 1.01 bits per heavy atom. The number of rotatable bonds is 30. The molecule has 8 N–H and O–H groups in total. The smallest absolute Gasteiger partial charge is 0.410 e. The Hall–Kier alpha value is -11.8. The Morgan fingerprint density at radius 3 is 1.46 bits per heavy atom. The van der Waals surface area contributed by atoms with Crippen molar-refractivity contribution in [1.29, 1.82) is 0 Å². The van der Waals surface area contributed by atoms with Gasteiger partial charge < -0.3 is 59.4 Å². The van der Waals surface area contributed by atoms with Gasteiger partial charge in [-0.3, -0.25) is 9.59 Å². The van der Waals surface area contributed by atoms with Gasteiger partial charge in [-0.2, -0.15) is 16.8 Å². The minimum absolute atomic E-state index is 0.0148. The molecule has 4 bridgehead atoms. The van der Waals surface area contributed by atoms with Crippen LogP contribution in [-0.4, -0.2) is 216 Å². The minimum Gasteiger partial charge on any atom is -0.478 e. The van der Waals surface area contributed by atoms with Crippen LogP contribution in [-0.2, 0) is 39.5 Å². The SMILES string of the molecule is CC(C)(C)OC(=O)N1C[C@@H](CCCNc2cccc(S(N)(=O)=O)n2)CC1(C)C.[2H]C([2H])(Oc1ccn(-c2ccc(C(=O)NS(=O)(=O)c3cccc(NCCC[C@@H]4CN(C(=O)OC(C)(C)C)C(C)(C)C4)n3)cn2)n1)C([2H])([2H])C1C2(CC2)C12CC2.[2H]C([2H])(Oc1ccn(-c2ccc(C(=O)O)c(Cl)n2)n1)C([2H])([2H])C1C2(CC2)C12CC2.[2H]C([2H])(Oc1ccn(-c2ccc3c(n2)N2C[C@@H](CCCNc4cccc(n4)S(=O)(=O)NC3=O)CC2(C)C)n1)C([2H])([2H])C1C2(CC2)C12CC2. The van der Waals surface area contributed by atoms with E-state index in [1.807, 2.05) is 69.9 Å². The summed E-state index contributed by atoms with van der Waals surface area (Å²) < 4.78 is 214. The number of anilines is 4. The summed E-state index contributed by atoms with van der Waals surface area (Å²) in [5.74, 6) is -1.01. The fourth-order valence-corrected chi connectivity index (χ4v) is 26.1. The molecule has 42 heteroatoms. The lowest BCUT2D eigenvalue weighted by atomic mass is 9.93. The molecule has 9 aliphatic carbocycles. The summed E-state index contributed by atoms with van der Waals surface area (Å²) in [6.07, 6.45) is 17.8. The van der Waals surface area contributed by atoms with Gasteiger partial charge in [0.25, 0.3) is 41.9 Å². The van der Waals surface area contributed by atoms with Crippen molar-refractivity contribution in [3.63, 3.8) is 0 Å². The molecular weight excluding hydrogens is 1970 g/mol. The summed E-state index contributed by atoms with van der Waals surface area (Å²) in [6, 6.07) is 26.6. The van der Waals surface area contributed by atoms with Gasteiger partial charge in [-0.15, -0.1) is 15.3 Å². The van der Waals surface area contributed by atoms with Gasteiger partial charge in [-0.1, -0.05) is 29.8 Å². The van der Waals surface area contributed by atoms with E-state index < -0.39 is 103 Å². The molecule has 38 nitrogen and oxygen atoms in total. The molecule has 13 aliphatic rings. The van der Waals surface area contributed by atoms with Crippen molar-refractivity contribution >= 4 is 94.9 Å². The number of aromatic nitrogens is 12. The van der Waals surface area contributed by atoms with Gasteiger partial charge in [0.15, 0.2) is 32.5 Å². The summed E-state index contributed by atoms with van der Waals surface area (Å²) >= 11 is 5.88. The maximum atomic E-state index is 13.7. The Kier molecular flexibility index (Phi) is 24.1. The van der Waals surface area contributed by atoms with Crippen LogP contribution in [0.3, 0.4) is 0 Å². The number of carboxylic acid groups (broad SMARTS) is 1. The van der Waals surface area contributed by atoms with Crippen LogP contribution in [0.1, 0.15) is 285 Å². The van der Waals surface area contributed by atoms with E-state index in [0.29, 0.717) is 86.1 Å². The topological polar surface area (TPSA) is 481 Å². The van der Waals surface area contributed by atoms with Crippen LogP contribution in [0.5, 0.6) is 17.6 Å². The standard InChI is InChI=1S/C37H49N7O6S.C32H39N7O4S.C19H32N4O4S.C18H18ClN3O3/c1-34(2,3)50-33(46)43-24-25(22-35(43,4)5)8-7-19-38-28-9-6-10-31(40-28)51(47,48)42-32(45)26-11-12-29(39-23-26)44-20-13-30(41-44)49-21-14-27-36(15-16-36)37(27)17-18-37;1-30(2)19-21-5-4-16-33-24-6-3-7-27(34-24)44(41,42)37-29(40)22-8-9-25(35-28(22)38(30)20-21)39-17-10-26(36-39)43-18-11-23-31(12-13-31)32(23)14-15-32;1-18(2,3)27-17(24)23-13-14(12-19(23,4)5)8-7-11-21-15-9-6-10-16(22-15)28(20,25)26;19-15-11(16(23)24)1-2-13(20-15)22-9-3-14(21-22)25-10-4-12-17(5-6-17)18(12)7-8-18/h6,9-13,20,23,25,27H,7-8,14-19,21-22,24H2,1-5H3,(H,38,40)(H,42,45);3,6-10,17,21,23H,4-5,11-16,18-20H2,1-2H3,(H,33,34)(H,37,40);6,9-10,14H,7-8,11-13H2,1-5H3,(H,21,22)(H2,20,25,26);1-3,9,12H,4-8,10H2,(H,23,24)/t25-;21-;14-;/m000./s1/i14D2,21D2;11D2,18D2;;4D2,10D2. The molecule has 9 aromatic rings. The quantitative estimate of drug-likeness (QED) is 0.0162. The van der Waals surface area contributed by atoms with Gasteiger partial charge in [0.1, 0.15) is 39.6 Å². The normalized spacial score (nSPS) is 23.9. The van der Waals surface area contributed by atoms with Crippen LogP contribution in [0, 0.1) is 68.0 Å². The highest BCUT2D eigenvalue weighted by Gasteiger charge is 2.87. The molecule has 3 atom stereocenters. The molecule has 9 saturated carbocycles. The summed E-state index contributed by atoms with van der Waals surface area (Å²) in [5.41, 5.74) is -2.41. The predicted molar refractivity (Wildman–Crippen MR) is 553 cm³/mol. The largest absolute Gasteiger partial charge is 0.478 e. The van der Waals surface area contributed by atoms with Gasteiger partial charge in [0.2, 0.25) is 17.6 Å². The van der Waals surface area contributed by atoms with Crippen molar-refractivity contribution in [1.82, 2.24) is 78.5 Å². The van der Waals surface area contributed by atoms with E-state index in [4.69, 9.17) is 67.0 Å². The fourth-order valence-electron chi connectivity index (χ4n) is 23.5. The van der Waals surface area contributed by atoms with E-state index >= 15 is 0 Å². The third-order valence-electron chi connectivity index (χ3n) is 31.5. The molecule has 4 amide bonds. The Bertz CT molecular complexity index is 7470. The Balaban J connectivity index is 0.000000137. The molecule has 3 saturated heterocycles. The zero-order chi connectivity index (χ0) is 116. The number of nitrogens with two attached hydrogens (primary N) is 1. The molecular formula is C106H138ClN21O17S3. The summed E-state index contributed by atoms with van der Waals surface area (Å²) in [6.45, 7) is 19.5. The number of ether oxygens (including phenoxy) is 5. The molecule has 0 aromatic carbocycles.